The Morgan fingerprint density at radius 1 is 1.50 bits per heavy atom. The Balaban J connectivity index is 2.32. The maximum atomic E-state index is 12.7. The number of carbonyl (C=O) groups is 2. The second kappa shape index (κ2) is 6.64. The molecule has 22 heavy (non-hydrogen) atoms. The third kappa shape index (κ3) is 3.30. The Morgan fingerprint density at radius 3 is 2.86 bits per heavy atom. The molecule has 5 nitrogen and oxygen atoms in total. The molecular weight excluding hydrogens is 280 g/mol. The third-order valence-corrected chi connectivity index (χ3v) is 3.52. The van der Waals surface area contributed by atoms with Crippen molar-refractivity contribution < 1.29 is 14.3 Å². The number of nitrogens with zero attached hydrogens (tertiary/aromatic N) is 1. The van der Waals surface area contributed by atoms with Crippen LogP contribution in [0.1, 0.15) is 19.4 Å². The fourth-order valence-electron chi connectivity index (χ4n) is 2.37. The molecule has 0 aliphatic carbocycles. The van der Waals surface area contributed by atoms with Crippen LogP contribution in [0, 0.1) is 12.8 Å². The van der Waals surface area contributed by atoms with Gasteiger partial charge in [0.1, 0.15) is 12.3 Å². The summed E-state index contributed by atoms with van der Waals surface area (Å²) >= 11 is 0. The van der Waals surface area contributed by atoms with Crippen molar-refractivity contribution in [3.63, 3.8) is 0 Å². The van der Waals surface area contributed by atoms with E-state index < -0.39 is 6.10 Å². The highest BCUT2D eigenvalue weighted by molar-refractivity contribution is 6.04. The summed E-state index contributed by atoms with van der Waals surface area (Å²) in [5.41, 5.74) is 1.66. The first kappa shape index (κ1) is 16.1. The normalized spacial score (nSPS) is 17.0. The van der Waals surface area contributed by atoms with Crippen molar-refractivity contribution in [2.75, 3.05) is 18.0 Å². The fourth-order valence-corrected chi connectivity index (χ4v) is 2.37. The van der Waals surface area contributed by atoms with Gasteiger partial charge in [0.05, 0.1) is 5.69 Å². The number of hydrogen-bond acceptors (Lipinski definition) is 3. The first-order valence-corrected chi connectivity index (χ1v) is 7.40. The van der Waals surface area contributed by atoms with Gasteiger partial charge in [-0.2, -0.15) is 0 Å². The molecule has 1 aliphatic heterocycles. The Bertz CT molecular complexity index is 596. The van der Waals surface area contributed by atoms with Crippen LogP contribution in [0.4, 0.5) is 5.69 Å². The molecule has 1 aliphatic rings. The van der Waals surface area contributed by atoms with Crippen LogP contribution < -0.4 is 15.0 Å². The predicted molar refractivity (Wildman–Crippen MR) is 86.0 cm³/mol. The SMILES string of the molecule is C=CCNC(=O)CN1C(=O)[C@@H](C(C)C)Oc2ccc(C)cc21. The lowest BCUT2D eigenvalue weighted by Crippen LogP contribution is -2.51. The predicted octanol–water partition coefficient (Wildman–Crippen LogP) is 2.05. The summed E-state index contributed by atoms with van der Waals surface area (Å²) in [6.07, 6.45) is 1.04. The van der Waals surface area contributed by atoms with Gasteiger partial charge < -0.3 is 10.1 Å². The van der Waals surface area contributed by atoms with Crippen LogP contribution in [0.5, 0.6) is 5.75 Å². The molecule has 2 rings (SSSR count). The van der Waals surface area contributed by atoms with Crippen molar-refractivity contribution in [3.8, 4) is 5.75 Å². The monoisotopic (exact) mass is 302 g/mol. The minimum absolute atomic E-state index is 0.0181. The van der Waals surface area contributed by atoms with Crippen LogP contribution in [-0.2, 0) is 9.59 Å². The van der Waals surface area contributed by atoms with Crippen LogP contribution in [0.3, 0.4) is 0 Å². The lowest BCUT2D eigenvalue weighted by molar-refractivity contribution is -0.130. The first-order chi connectivity index (χ1) is 10.4. The van der Waals surface area contributed by atoms with Gasteiger partial charge in [-0.05, 0) is 30.5 Å². The van der Waals surface area contributed by atoms with E-state index in [1.54, 1.807) is 6.08 Å². The van der Waals surface area contributed by atoms with E-state index in [0.717, 1.165) is 5.56 Å². The molecule has 1 aromatic rings. The van der Waals surface area contributed by atoms with Gasteiger partial charge in [0.15, 0.2) is 6.10 Å². The van der Waals surface area contributed by atoms with Crippen LogP contribution in [0.25, 0.3) is 0 Å². The largest absolute Gasteiger partial charge is 0.478 e. The molecule has 1 atom stereocenters. The van der Waals surface area contributed by atoms with Crippen molar-refractivity contribution in [3.05, 3.63) is 36.4 Å². The van der Waals surface area contributed by atoms with Gasteiger partial charge in [-0.3, -0.25) is 14.5 Å². The zero-order valence-electron chi connectivity index (χ0n) is 13.3. The maximum absolute atomic E-state index is 12.7. The highest BCUT2D eigenvalue weighted by Gasteiger charge is 2.37. The maximum Gasteiger partial charge on any atom is 0.268 e. The smallest absolute Gasteiger partial charge is 0.268 e. The lowest BCUT2D eigenvalue weighted by atomic mass is 10.0. The molecule has 1 heterocycles. The van der Waals surface area contributed by atoms with Crippen molar-refractivity contribution in [1.82, 2.24) is 5.32 Å². The van der Waals surface area contributed by atoms with Crippen LogP contribution in [0.15, 0.2) is 30.9 Å². The molecule has 0 aromatic heterocycles. The molecule has 0 spiro atoms. The quantitative estimate of drug-likeness (QED) is 0.847. The minimum atomic E-state index is -0.567. The molecule has 0 fully saturated rings. The zero-order valence-corrected chi connectivity index (χ0v) is 13.3. The van der Waals surface area contributed by atoms with E-state index in [9.17, 15) is 9.59 Å². The lowest BCUT2D eigenvalue weighted by Gasteiger charge is -2.35. The molecule has 0 unspecified atom stereocenters. The Morgan fingerprint density at radius 2 is 2.23 bits per heavy atom. The van der Waals surface area contributed by atoms with E-state index in [-0.39, 0.29) is 24.3 Å². The molecule has 0 radical (unpaired) electrons. The molecular formula is C17H22N2O3. The third-order valence-electron chi connectivity index (χ3n) is 3.52. The summed E-state index contributed by atoms with van der Waals surface area (Å²) in [6.45, 7) is 9.72. The van der Waals surface area contributed by atoms with E-state index in [2.05, 4.69) is 11.9 Å². The molecule has 0 saturated heterocycles. The highest BCUT2D eigenvalue weighted by atomic mass is 16.5. The van der Waals surface area contributed by atoms with Crippen molar-refractivity contribution in [2.24, 2.45) is 5.92 Å². The Labute approximate surface area is 130 Å². The molecule has 0 saturated carbocycles. The molecule has 2 amide bonds. The first-order valence-electron chi connectivity index (χ1n) is 7.40. The number of amides is 2. The number of aryl methyl sites for hydroxylation is 1. The van der Waals surface area contributed by atoms with Crippen LogP contribution in [-0.4, -0.2) is 31.0 Å². The summed E-state index contributed by atoms with van der Waals surface area (Å²) in [5, 5.41) is 2.70. The summed E-state index contributed by atoms with van der Waals surface area (Å²) in [6, 6.07) is 5.65. The minimum Gasteiger partial charge on any atom is -0.478 e. The number of fused-ring (bicyclic) bond motifs is 1. The number of nitrogens with one attached hydrogen (secondary N) is 1. The zero-order chi connectivity index (χ0) is 16.3. The van der Waals surface area contributed by atoms with Crippen molar-refractivity contribution in [1.29, 1.82) is 0 Å². The highest BCUT2D eigenvalue weighted by Crippen LogP contribution is 2.36. The van der Waals surface area contributed by atoms with Gasteiger partial charge in [-0.1, -0.05) is 26.0 Å². The molecule has 1 aromatic carbocycles. The van der Waals surface area contributed by atoms with Crippen LogP contribution in [0.2, 0.25) is 0 Å². The van der Waals surface area contributed by atoms with E-state index in [1.165, 1.54) is 4.90 Å². The van der Waals surface area contributed by atoms with Crippen molar-refractivity contribution in [2.45, 2.75) is 26.9 Å². The number of anilines is 1. The average Bonchev–Trinajstić information content (AvgIpc) is 2.47. The summed E-state index contributed by atoms with van der Waals surface area (Å²) in [7, 11) is 0. The molecule has 1 N–H and O–H groups in total. The topological polar surface area (TPSA) is 58.6 Å². The van der Waals surface area contributed by atoms with Gasteiger partial charge in [-0.15, -0.1) is 6.58 Å². The van der Waals surface area contributed by atoms with Crippen molar-refractivity contribution >= 4 is 17.5 Å². The number of ether oxygens (including phenoxy) is 1. The number of benzene rings is 1. The van der Waals surface area contributed by atoms with Gasteiger partial charge >= 0.3 is 0 Å². The Hall–Kier alpha value is -2.30. The Kier molecular flexibility index (Phi) is 4.85. The van der Waals surface area contributed by atoms with E-state index in [1.807, 2.05) is 39.0 Å². The number of hydrogen-bond donors (Lipinski definition) is 1. The van der Waals surface area contributed by atoms with E-state index >= 15 is 0 Å². The fraction of sp³-hybridized carbons (Fsp3) is 0.412. The van der Waals surface area contributed by atoms with Gasteiger partial charge in [0.2, 0.25) is 5.91 Å². The van der Waals surface area contributed by atoms with E-state index in [4.69, 9.17) is 4.74 Å². The molecule has 118 valence electrons. The van der Waals surface area contributed by atoms with Gasteiger partial charge in [-0.25, -0.2) is 0 Å². The number of carbonyl (C=O) groups excluding carboxylic acids is 2. The average molecular weight is 302 g/mol. The summed E-state index contributed by atoms with van der Waals surface area (Å²) in [5.74, 6) is 0.271. The summed E-state index contributed by atoms with van der Waals surface area (Å²) in [4.78, 5) is 26.2. The molecule has 5 heteroatoms. The summed E-state index contributed by atoms with van der Waals surface area (Å²) < 4.78 is 5.81. The second-order valence-electron chi connectivity index (χ2n) is 5.77. The second-order valence-corrected chi connectivity index (χ2v) is 5.77. The van der Waals surface area contributed by atoms with Gasteiger partial charge in [0.25, 0.3) is 5.91 Å². The number of rotatable bonds is 5. The van der Waals surface area contributed by atoms with Crippen LogP contribution >= 0.6 is 0 Å². The molecule has 0 bridgehead atoms. The van der Waals surface area contributed by atoms with E-state index in [0.29, 0.717) is 18.0 Å². The van der Waals surface area contributed by atoms with Gasteiger partial charge in [0, 0.05) is 6.54 Å². The standard InChI is InChI=1S/C17H22N2O3/c1-5-8-18-15(20)10-19-13-9-12(4)6-7-14(13)22-16(11(2)3)17(19)21/h5-7,9,11,16H,1,8,10H2,2-4H3,(H,18,20)/t16-/m1/s1.